The molecule has 0 spiro atoms. The van der Waals surface area contributed by atoms with Crippen LogP contribution in [0.25, 0.3) is 6.08 Å². The topological polar surface area (TPSA) is 68.5 Å². The summed E-state index contributed by atoms with van der Waals surface area (Å²) in [7, 11) is 0. The zero-order valence-electron chi connectivity index (χ0n) is 13.9. The number of hydrogen-bond acceptors (Lipinski definition) is 5. The molecule has 1 saturated heterocycles. The number of carbonyl (C=O) groups is 1. The minimum atomic E-state index is -0.177. The molecule has 0 unspecified atom stereocenters. The molecule has 130 valence electrons. The maximum atomic E-state index is 13.1. The van der Waals surface area contributed by atoms with Crippen molar-refractivity contribution >= 4 is 23.6 Å². The number of hydrogen-bond donors (Lipinski definition) is 0. The standard InChI is InChI=1S/C18H18ClN3O3/c1-11-20-17(25-21-11)15-4-2-3-7-22(15)18(23)13-8-12-9-14(19)5-6-16(12)24-10-13/h5-6,8-9,15H,2-4,7,10H2,1H3/t15-/m1/s1. The van der Waals surface area contributed by atoms with Crippen molar-refractivity contribution in [2.24, 2.45) is 0 Å². The average Bonchev–Trinajstić information content (AvgIpc) is 3.06. The van der Waals surface area contributed by atoms with Gasteiger partial charge in [-0.15, -0.1) is 0 Å². The fourth-order valence-electron chi connectivity index (χ4n) is 3.34. The first-order valence-corrected chi connectivity index (χ1v) is 8.74. The third-order valence-corrected chi connectivity index (χ3v) is 4.79. The van der Waals surface area contributed by atoms with E-state index in [0.29, 0.717) is 28.9 Å². The second kappa shape index (κ2) is 6.52. The number of halogens is 1. The Hall–Kier alpha value is -2.34. The zero-order chi connectivity index (χ0) is 17.4. The van der Waals surface area contributed by atoms with Gasteiger partial charge in [-0.1, -0.05) is 16.8 Å². The Morgan fingerprint density at radius 3 is 3.04 bits per heavy atom. The number of carbonyl (C=O) groups excluding carboxylic acids is 1. The van der Waals surface area contributed by atoms with Crippen molar-refractivity contribution in [2.45, 2.75) is 32.2 Å². The van der Waals surface area contributed by atoms with Crippen LogP contribution in [0.5, 0.6) is 5.75 Å². The van der Waals surface area contributed by atoms with Gasteiger partial charge in [-0.25, -0.2) is 0 Å². The van der Waals surface area contributed by atoms with E-state index < -0.39 is 0 Å². The van der Waals surface area contributed by atoms with E-state index in [2.05, 4.69) is 10.1 Å². The second-order valence-corrected chi connectivity index (χ2v) is 6.77. The Kier molecular flexibility index (Phi) is 4.21. The number of fused-ring (bicyclic) bond motifs is 1. The van der Waals surface area contributed by atoms with E-state index in [0.717, 1.165) is 30.6 Å². The molecule has 25 heavy (non-hydrogen) atoms. The zero-order valence-corrected chi connectivity index (χ0v) is 14.6. The van der Waals surface area contributed by atoms with E-state index in [1.54, 1.807) is 19.1 Å². The highest BCUT2D eigenvalue weighted by atomic mass is 35.5. The van der Waals surface area contributed by atoms with Gasteiger partial charge in [0.1, 0.15) is 18.4 Å². The van der Waals surface area contributed by atoms with Gasteiger partial charge in [0.05, 0.1) is 5.57 Å². The van der Waals surface area contributed by atoms with Crippen molar-refractivity contribution in [2.75, 3.05) is 13.2 Å². The third-order valence-electron chi connectivity index (χ3n) is 4.55. The second-order valence-electron chi connectivity index (χ2n) is 6.33. The number of aromatic nitrogens is 2. The first kappa shape index (κ1) is 16.1. The van der Waals surface area contributed by atoms with Crippen LogP contribution >= 0.6 is 11.6 Å². The average molecular weight is 360 g/mol. The molecule has 1 aromatic heterocycles. The van der Waals surface area contributed by atoms with Crippen molar-refractivity contribution < 1.29 is 14.1 Å². The summed E-state index contributed by atoms with van der Waals surface area (Å²) in [5.74, 6) is 1.78. The number of ether oxygens (including phenoxy) is 1. The van der Waals surface area contributed by atoms with Crippen molar-refractivity contribution in [1.82, 2.24) is 15.0 Å². The summed E-state index contributed by atoms with van der Waals surface area (Å²) in [4.78, 5) is 19.2. The Bertz CT molecular complexity index is 846. The first-order chi connectivity index (χ1) is 12.1. The lowest BCUT2D eigenvalue weighted by Crippen LogP contribution is -2.40. The lowest BCUT2D eigenvalue weighted by atomic mass is 9.99. The number of nitrogens with zero attached hydrogens (tertiary/aromatic N) is 3. The first-order valence-electron chi connectivity index (χ1n) is 8.36. The van der Waals surface area contributed by atoms with Crippen LogP contribution in [0.15, 0.2) is 28.3 Å². The molecule has 2 aliphatic heterocycles. The summed E-state index contributed by atoms with van der Waals surface area (Å²) in [6.45, 7) is 2.70. The van der Waals surface area contributed by atoms with Gasteiger partial charge in [0, 0.05) is 17.1 Å². The van der Waals surface area contributed by atoms with Gasteiger partial charge in [0.25, 0.3) is 5.91 Å². The van der Waals surface area contributed by atoms with E-state index in [-0.39, 0.29) is 18.6 Å². The summed E-state index contributed by atoms with van der Waals surface area (Å²) < 4.78 is 11.0. The maximum Gasteiger partial charge on any atom is 0.253 e. The smallest absolute Gasteiger partial charge is 0.253 e. The molecule has 1 fully saturated rings. The third kappa shape index (κ3) is 3.14. The summed E-state index contributed by atoms with van der Waals surface area (Å²) in [6.07, 6.45) is 4.68. The van der Waals surface area contributed by atoms with Gasteiger partial charge in [-0.3, -0.25) is 4.79 Å². The molecular formula is C18H18ClN3O3. The van der Waals surface area contributed by atoms with Crippen LogP contribution in [-0.4, -0.2) is 34.1 Å². The fraction of sp³-hybridized carbons (Fsp3) is 0.389. The largest absolute Gasteiger partial charge is 0.488 e. The van der Waals surface area contributed by atoms with Crippen molar-refractivity contribution in [3.63, 3.8) is 0 Å². The fourth-order valence-corrected chi connectivity index (χ4v) is 3.52. The molecule has 2 aliphatic rings. The van der Waals surface area contributed by atoms with Gasteiger partial charge in [-0.2, -0.15) is 4.98 Å². The summed E-state index contributed by atoms with van der Waals surface area (Å²) in [5.41, 5.74) is 1.43. The van der Waals surface area contributed by atoms with Crippen LogP contribution in [0.2, 0.25) is 5.02 Å². The Labute approximate surface area is 150 Å². The van der Waals surface area contributed by atoms with E-state index in [9.17, 15) is 4.79 Å². The molecule has 2 aromatic rings. The predicted octanol–water partition coefficient (Wildman–Crippen LogP) is 3.56. The van der Waals surface area contributed by atoms with Crippen molar-refractivity contribution in [3.05, 3.63) is 46.1 Å². The highest BCUT2D eigenvalue weighted by molar-refractivity contribution is 6.30. The van der Waals surface area contributed by atoms with Gasteiger partial charge in [0.15, 0.2) is 5.82 Å². The van der Waals surface area contributed by atoms with Crippen molar-refractivity contribution in [1.29, 1.82) is 0 Å². The van der Waals surface area contributed by atoms with E-state index in [1.165, 1.54) is 0 Å². The summed E-state index contributed by atoms with van der Waals surface area (Å²) >= 11 is 6.05. The summed E-state index contributed by atoms with van der Waals surface area (Å²) in [6, 6.07) is 5.22. The highest BCUT2D eigenvalue weighted by Crippen LogP contribution is 2.34. The van der Waals surface area contributed by atoms with E-state index in [4.69, 9.17) is 20.9 Å². The SMILES string of the molecule is Cc1noc([C@H]2CCCCN2C(=O)C2=Cc3cc(Cl)ccc3OC2)n1. The number of aryl methyl sites for hydroxylation is 1. The molecule has 0 bridgehead atoms. The number of likely N-dealkylation sites (tertiary alicyclic amines) is 1. The monoisotopic (exact) mass is 359 g/mol. The number of piperidine rings is 1. The number of amides is 1. The van der Waals surface area contributed by atoms with E-state index in [1.807, 2.05) is 17.0 Å². The molecular weight excluding hydrogens is 342 g/mol. The lowest BCUT2D eigenvalue weighted by molar-refractivity contribution is -0.131. The molecule has 1 amide bonds. The van der Waals surface area contributed by atoms with Crippen molar-refractivity contribution in [3.8, 4) is 5.75 Å². The Morgan fingerprint density at radius 1 is 1.36 bits per heavy atom. The van der Waals surface area contributed by atoms with Gasteiger partial charge < -0.3 is 14.2 Å². The molecule has 1 aromatic carbocycles. The molecule has 7 heteroatoms. The Balaban J connectivity index is 1.62. The minimum absolute atomic E-state index is 0.0498. The van der Waals surface area contributed by atoms with Crippen LogP contribution in [0.1, 0.15) is 42.6 Å². The maximum absolute atomic E-state index is 13.1. The van der Waals surface area contributed by atoms with Crippen LogP contribution in [0.4, 0.5) is 0 Å². The van der Waals surface area contributed by atoms with Crippen LogP contribution in [0, 0.1) is 6.92 Å². The van der Waals surface area contributed by atoms with Gasteiger partial charge >= 0.3 is 0 Å². The molecule has 0 N–H and O–H groups in total. The lowest BCUT2D eigenvalue weighted by Gasteiger charge is -2.34. The molecule has 4 rings (SSSR count). The van der Waals surface area contributed by atoms with Crippen LogP contribution < -0.4 is 4.74 Å². The minimum Gasteiger partial charge on any atom is -0.488 e. The number of rotatable bonds is 2. The molecule has 0 radical (unpaired) electrons. The van der Waals surface area contributed by atoms with Gasteiger partial charge in [0.2, 0.25) is 5.89 Å². The molecule has 3 heterocycles. The van der Waals surface area contributed by atoms with E-state index >= 15 is 0 Å². The van der Waals surface area contributed by atoms with Gasteiger partial charge in [-0.05, 0) is 50.5 Å². The molecule has 0 saturated carbocycles. The van der Waals surface area contributed by atoms with Crippen LogP contribution in [-0.2, 0) is 4.79 Å². The number of benzene rings is 1. The quantitative estimate of drug-likeness (QED) is 0.820. The molecule has 6 nitrogen and oxygen atoms in total. The molecule has 0 aliphatic carbocycles. The predicted molar refractivity (Wildman–Crippen MR) is 92.3 cm³/mol. The highest BCUT2D eigenvalue weighted by Gasteiger charge is 2.34. The molecule has 1 atom stereocenters. The normalized spacial score (nSPS) is 19.8. The Morgan fingerprint density at radius 2 is 2.24 bits per heavy atom. The van der Waals surface area contributed by atoms with Crippen LogP contribution in [0.3, 0.4) is 0 Å². The summed E-state index contributed by atoms with van der Waals surface area (Å²) in [5, 5.41) is 4.47.